The van der Waals surface area contributed by atoms with E-state index < -0.39 is 5.91 Å². The predicted molar refractivity (Wildman–Crippen MR) is 91.3 cm³/mol. The molecule has 0 radical (unpaired) electrons. The van der Waals surface area contributed by atoms with Crippen molar-refractivity contribution in [3.63, 3.8) is 0 Å². The van der Waals surface area contributed by atoms with Crippen LogP contribution in [0.25, 0.3) is 0 Å². The van der Waals surface area contributed by atoms with E-state index in [-0.39, 0.29) is 11.5 Å². The molecular formula is C16H15Cl2N3O2. The van der Waals surface area contributed by atoms with Gasteiger partial charge in [0.1, 0.15) is 0 Å². The van der Waals surface area contributed by atoms with Gasteiger partial charge in [-0.25, -0.2) is 0 Å². The summed E-state index contributed by atoms with van der Waals surface area (Å²) in [6.07, 6.45) is 3.63. The molecule has 0 aliphatic heterocycles. The normalized spacial score (nSPS) is 10.2. The topological polar surface area (TPSA) is 71.1 Å². The van der Waals surface area contributed by atoms with Crippen molar-refractivity contribution in [3.05, 3.63) is 57.8 Å². The first-order chi connectivity index (χ1) is 11.0. The molecular weight excluding hydrogens is 337 g/mol. The summed E-state index contributed by atoms with van der Waals surface area (Å²) in [5.41, 5.74) is 1.02. The molecule has 0 atom stereocenters. The summed E-state index contributed by atoms with van der Waals surface area (Å²) in [5.74, 6) is -0.676. The summed E-state index contributed by atoms with van der Waals surface area (Å²) >= 11 is 11.8. The number of pyridine rings is 1. The second-order valence-corrected chi connectivity index (χ2v) is 5.64. The van der Waals surface area contributed by atoms with Gasteiger partial charge in [0.2, 0.25) is 0 Å². The number of halogens is 2. The number of anilines is 1. The second-order valence-electron chi connectivity index (χ2n) is 4.80. The number of carbonyl (C=O) groups excluding carboxylic acids is 2. The van der Waals surface area contributed by atoms with E-state index in [0.29, 0.717) is 27.8 Å². The van der Waals surface area contributed by atoms with E-state index in [1.807, 2.05) is 6.92 Å². The molecule has 0 saturated heterocycles. The van der Waals surface area contributed by atoms with Gasteiger partial charge in [0.15, 0.2) is 0 Å². The molecule has 5 nitrogen and oxygen atoms in total. The molecule has 0 fully saturated rings. The quantitative estimate of drug-likeness (QED) is 0.860. The number of hydrogen-bond acceptors (Lipinski definition) is 3. The summed E-state index contributed by atoms with van der Waals surface area (Å²) in [6, 6.07) is 6.24. The van der Waals surface area contributed by atoms with Crippen LogP contribution in [0.5, 0.6) is 0 Å². The van der Waals surface area contributed by atoms with Crippen LogP contribution in [0.4, 0.5) is 5.69 Å². The van der Waals surface area contributed by atoms with Crippen LogP contribution in [0.3, 0.4) is 0 Å². The molecule has 2 aromatic rings. The van der Waals surface area contributed by atoms with Gasteiger partial charge in [0.25, 0.3) is 11.8 Å². The maximum Gasteiger partial charge on any atom is 0.257 e. The Morgan fingerprint density at radius 2 is 1.78 bits per heavy atom. The molecule has 2 N–H and O–H groups in total. The van der Waals surface area contributed by atoms with Crippen LogP contribution >= 0.6 is 23.2 Å². The van der Waals surface area contributed by atoms with E-state index in [2.05, 4.69) is 15.6 Å². The maximum atomic E-state index is 12.3. The average molecular weight is 352 g/mol. The predicted octanol–water partition coefficient (Wildman–Crippen LogP) is 3.78. The molecule has 23 heavy (non-hydrogen) atoms. The summed E-state index contributed by atoms with van der Waals surface area (Å²) in [4.78, 5) is 28.1. The molecule has 1 aromatic heterocycles. The number of hydrogen-bond donors (Lipinski definition) is 2. The number of carbonyl (C=O) groups is 2. The van der Waals surface area contributed by atoms with E-state index in [9.17, 15) is 9.59 Å². The zero-order valence-electron chi connectivity index (χ0n) is 12.4. The van der Waals surface area contributed by atoms with E-state index in [1.165, 1.54) is 24.5 Å². The largest absolute Gasteiger partial charge is 0.352 e. The minimum absolute atomic E-state index is 0.264. The van der Waals surface area contributed by atoms with Gasteiger partial charge in [-0.05, 0) is 30.7 Å². The molecule has 0 aliphatic carbocycles. The Balaban J connectivity index is 2.15. The van der Waals surface area contributed by atoms with Crippen molar-refractivity contribution >= 4 is 40.7 Å². The molecule has 2 amide bonds. The van der Waals surface area contributed by atoms with E-state index in [4.69, 9.17) is 23.2 Å². The standard InChI is InChI=1S/C16H15Cl2N3O2/c1-2-5-20-15(22)10-6-11(9-19-8-10)16(23)21-14-4-3-12(17)7-13(14)18/h3-4,6-9H,2,5H2,1H3,(H,20,22)(H,21,23). The Labute approximate surface area is 144 Å². The summed E-state index contributed by atoms with van der Waals surface area (Å²) in [5, 5.41) is 6.20. The van der Waals surface area contributed by atoms with Gasteiger partial charge < -0.3 is 10.6 Å². The van der Waals surface area contributed by atoms with Crippen molar-refractivity contribution < 1.29 is 9.59 Å². The van der Waals surface area contributed by atoms with Crippen LogP contribution in [-0.2, 0) is 0 Å². The molecule has 1 heterocycles. The molecule has 120 valence electrons. The fourth-order valence-electron chi connectivity index (χ4n) is 1.81. The first-order valence-corrected chi connectivity index (χ1v) is 7.76. The molecule has 2 rings (SSSR count). The Morgan fingerprint density at radius 1 is 1.09 bits per heavy atom. The van der Waals surface area contributed by atoms with Crippen molar-refractivity contribution in [2.75, 3.05) is 11.9 Å². The van der Waals surface area contributed by atoms with Crippen molar-refractivity contribution in [3.8, 4) is 0 Å². The third-order valence-electron chi connectivity index (χ3n) is 2.98. The molecule has 0 aliphatic rings. The first-order valence-electron chi connectivity index (χ1n) is 7.01. The minimum Gasteiger partial charge on any atom is -0.352 e. The van der Waals surface area contributed by atoms with Crippen molar-refractivity contribution in [2.45, 2.75) is 13.3 Å². The summed E-state index contributed by atoms with van der Waals surface area (Å²) in [7, 11) is 0. The smallest absolute Gasteiger partial charge is 0.257 e. The minimum atomic E-state index is -0.410. The maximum absolute atomic E-state index is 12.3. The molecule has 0 spiro atoms. The third kappa shape index (κ3) is 4.68. The van der Waals surface area contributed by atoms with Crippen LogP contribution in [0.1, 0.15) is 34.1 Å². The summed E-state index contributed by atoms with van der Waals surface area (Å²) < 4.78 is 0. The van der Waals surface area contributed by atoms with Gasteiger partial charge >= 0.3 is 0 Å². The van der Waals surface area contributed by atoms with Crippen LogP contribution in [0, 0.1) is 0 Å². The highest BCUT2D eigenvalue weighted by molar-refractivity contribution is 6.36. The third-order valence-corrected chi connectivity index (χ3v) is 3.53. The van der Waals surface area contributed by atoms with Crippen LogP contribution < -0.4 is 10.6 Å². The SMILES string of the molecule is CCCNC(=O)c1cncc(C(=O)Nc2ccc(Cl)cc2Cl)c1. The van der Waals surface area contributed by atoms with Gasteiger partial charge in [0.05, 0.1) is 21.8 Å². The van der Waals surface area contributed by atoms with Crippen molar-refractivity contribution in [1.82, 2.24) is 10.3 Å². The number of nitrogens with zero attached hydrogens (tertiary/aromatic N) is 1. The highest BCUT2D eigenvalue weighted by atomic mass is 35.5. The van der Waals surface area contributed by atoms with Crippen molar-refractivity contribution in [2.24, 2.45) is 0 Å². The van der Waals surface area contributed by atoms with E-state index in [0.717, 1.165) is 6.42 Å². The Bertz CT molecular complexity index is 735. The summed E-state index contributed by atoms with van der Waals surface area (Å²) in [6.45, 7) is 2.52. The second kappa shape index (κ2) is 7.94. The van der Waals surface area contributed by atoms with E-state index >= 15 is 0 Å². The Morgan fingerprint density at radius 3 is 2.43 bits per heavy atom. The fourth-order valence-corrected chi connectivity index (χ4v) is 2.27. The van der Waals surface area contributed by atoms with Gasteiger partial charge in [-0.3, -0.25) is 14.6 Å². The number of benzene rings is 1. The van der Waals surface area contributed by atoms with E-state index in [1.54, 1.807) is 12.1 Å². The number of rotatable bonds is 5. The van der Waals surface area contributed by atoms with Crippen LogP contribution in [-0.4, -0.2) is 23.3 Å². The molecule has 7 heteroatoms. The lowest BCUT2D eigenvalue weighted by atomic mass is 10.2. The number of aromatic nitrogens is 1. The van der Waals surface area contributed by atoms with Crippen molar-refractivity contribution in [1.29, 1.82) is 0 Å². The van der Waals surface area contributed by atoms with Gasteiger partial charge in [-0.2, -0.15) is 0 Å². The lowest BCUT2D eigenvalue weighted by Gasteiger charge is -2.08. The van der Waals surface area contributed by atoms with Gasteiger partial charge in [-0.1, -0.05) is 30.1 Å². The zero-order valence-corrected chi connectivity index (χ0v) is 13.9. The van der Waals surface area contributed by atoms with Crippen LogP contribution in [0.15, 0.2) is 36.7 Å². The fraction of sp³-hybridized carbons (Fsp3) is 0.188. The highest BCUT2D eigenvalue weighted by Gasteiger charge is 2.12. The van der Waals surface area contributed by atoms with Crippen LogP contribution in [0.2, 0.25) is 10.0 Å². The van der Waals surface area contributed by atoms with Gasteiger partial charge in [-0.15, -0.1) is 0 Å². The Kier molecular flexibility index (Phi) is 5.96. The molecule has 0 saturated carbocycles. The Hall–Kier alpha value is -2.11. The monoisotopic (exact) mass is 351 g/mol. The number of amides is 2. The number of nitrogens with one attached hydrogen (secondary N) is 2. The molecule has 0 bridgehead atoms. The first kappa shape index (κ1) is 17.2. The highest BCUT2D eigenvalue weighted by Crippen LogP contribution is 2.25. The molecule has 1 aromatic carbocycles. The van der Waals surface area contributed by atoms with Gasteiger partial charge in [0, 0.05) is 24.0 Å². The molecule has 0 unspecified atom stereocenters. The lowest BCUT2D eigenvalue weighted by molar-refractivity contribution is 0.0953. The lowest BCUT2D eigenvalue weighted by Crippen LogP contribution is -2.24. The average Bonchev–Trinajstić information content (AvgIpc) is 2.55. The zero-order chi connectivity index (χ0) is 16.8.